The predicted molar refractivity (Wildman–Crippen MR) is 74.3 cm³/mol. The molecule has 2 aromatic rings. The molecular formula is C15H16N2O2. The van der Waals surface area contributed by atoms with Crippen LogP contribution < -0.4 is 10.9 Å². The van der Waals surface area contributed by atoms with Gasteiger partial charge in [0, 0.05) is 11.6 Å². The maximum atomic E-state index is 12.1. The fraction of sp³-hybridized carbons (Fsp3) is 0.333. The Morgan fingerprint density at radius 2 is 1.95 bits per heavy atom. The van der Waals surface area contributed by atoms with Crippen LogP contribution in [0.25, 0.3) is 10.9 Å². The predicted octanol–water partition coefficient (Wildman–Crippen LogP) is 2.20. The zero-order chi connectivity index (χ0) is 13.2. The molecule has 0 spiro atoms. The van der Waals surface area contributed by atoms with E-state index in [4.69, 9.17) is 0 Å². The quantitative estimate of drug-likeness (QED) is 0.865. The van der Waals surface area contributed by atoms with Gasteiger partial charge in [-0.2, -0.15) is 0 Å². The van der Waals surface area contributed by atoms with E-state index in [1.165, 1.54) is 0 Å². The van der Waals surface area contributed by atoms with Crippen LogP contribution in [0.1, 0.15) is 36.0 Å². The van der Waals surface area contributed by atoms with Crippen LogP contribution in [0.3, 0.4) is 0 Å². The number of carbonyl (C=O) groups is 1. The normalized spacial score (nSPS) is 15.8. The number of carbonyl (C=O) groups excluding carboxylic acids is 1. The lowest BCUT2D eigenvalue weighted by molar-refractivity contribution is 0.0936. The fourth-order valence-electron chi connectivity index (χ4n) is 2.65. The Hall–Kier alpha value is -2.10. The Labute approximate surface area is 110 Å². The summed E-state index contributed by atoms with van der Waals surface area (Å²) in [5.41, 5.74) is 0.629. The average Bonchev–Trinajstić information content (AvgIpc) is 2.90. The molecule has 1 aromatic heterocycles. The number of pyridine rings is 1. The van der Waals surface area contributed by atoms with Gasteiger partial charge in [-0.15, -0.1) is 0 Å². The number of hydrogen-bond donors (Lipinski definition) is 2. The maximum absolute atomic E-state index is 12.1. The second-order valence-electron chi connectivity index (χ2n) is 5.05. The number of aromatic nitrogens is 1. The number of amides is 1. The van der Waals surface area contributed by atoms with Crippen molar-refractivity contribution in [1.82, 2.24) is 10.3 Å². The van der Waals surface area contributed by atoms with Gasteiger partial charge in [0.2, 0.25) is 0 Å². The van der Waals surface area contributed by atoms with Crippen molar-refractivity contribution in [2.24, 2.45) is 0 Å². The van der Waals surface area contributed by atoms with E-state index in [9.17, 15) is 9.59 Å². The molecule has 1 aliphatic carbocycles. The van der Waals surface area contributed by atoms with Crippen LogP contribution >= 0.6 is 0 Å². The Morgan fingerprint density at radius 1 is 1.21 bits per heavy atom. The van der Waals surface area contributed by atoms with Gasteiger partial charge in [-0.25, -0.2) is 0 Å². The van der Waals surface area contributed by atoms with Gasteiger partial charge in [0.25, 0.3) is 11.5 Å². The summed E-state index contributed by atoms with van der Waals surface area (Å²) in [4.78, 5) is 26.8. The molecular weight excluding hydrogens is 240 g/mol. The zero-order valence-electron chi connectivity index (χ0n) is 10.6. The maximum Gasteiger partial charge on any atom is 0.261 e. The molecule has 0 bridgehead atoms. The summed E-state index contributed by atoms with van der Waals surface area (Å²) in [6.07, 6.45) is 4.33. The Balaban J connectivity index is 1.92. The Bertz CT molecular complexity index is 669. The van der Waals surface area contributed by atoms with Crippen molar-refractivity contribution < 1.29 is 4.79 Å². The van der Waals surface area contributed by atoms with Gasteiger partial charge in [0.15, 0.2) is 0 Å². The van der Waals surface area contributed by atoms with E-state index in [0.717, 1.165) is 36.6 Å². The molecule has 1 amide bonds. The summed E-state index contributed by atoms with van der Waals surface area (Å²) in [5, 5.41) is 3.82. The lowest BCUT2D eigenvalue weighted by Crippen LogP contribution is -2.35. The van der Waals surface area contributed by atoms with E-state index >= 15 is 0 Å². The minimum Gasteiger partial charge on any atom is -0.349 e. The number of rotatable bonds is 2. The summed E-state index contributed by atoms with van der Waals surface area (Å²) in [6.45, 7) is 0. The van der Waals surface area contributed by atoms with Gasteiger partial charge in [-0.3, -0.25) is 9.59 Å². The first-order valence-corrected chi connectivity index (χ1v) is 6.67. The van der Waals surface area contributed by atoms with Gasteiger partial charge < -0.3 is 10.3 Å². The van der Waals surface area contributed by atoms with Crippen molar-refractivity contribution in [2.75, 3.05) is 0 Å². The third kappa shape index (κ3) is 2.38. The van der Waals surface area contributed by atoms with Crippen LogP contribution in [-0.2, 0) is 0 Å². The Kier molecular flexibility index (Phi) is 3.07. The molecule has 1 saturated carbocycles. The van der Waals surface area contributed by atoms with Crippen LogP contribution in [0, 0.1) is 0 Å². The minimum atomic E-state index is -0.325. The van der Waals surface area contributed by atoms with Crippen LogP contribution in [0.15, 0.2) is 35.1 Å². The topological polar surface area (TPSA) is 62.0 Å². The summed E-state index contributed by atoms with van der Waals surface area (Å²) < 4.78 is 0. The van der Waals surface area contributed by atoms with Crippen LogP contribution in [0.4, 0.5) is 0 Å². The van der Waals surface area contributed by atoms with Crippen molar-refractivity contribution in [3.05, 3.63) is 46.2 Å². The van der Waals surface area contributed by atoms with Crippen LogP contribution in [-0.4, -0.2) is 16.9 Å². The molecule has 0 unspecified atom stereocenters. The fourth-order valence-corrected chi connectivity index (χ4v) is 2.65. The molecule has 0 radical (unpaired) electrons. The number of hydrogen-bond acceptors (Lipinski definition) is 2. The van der Waals surface area contributed by atoms with E-state index in [2.05, 4.69) is 10.3 Å². The molecule has 1 heterocycles. The van der Waals surface area contributed by atoms with Gasteiger partial charge in [-0.1, -0.05) is 31.0 Å². The number of para-hydroxylation sites is 1. The largest absolute Gasteiger partial charge is 0.349 e. The second kappa shape index (κ2) is 4.88. The Morgan fingerprint density at radius 3 is 2.74 bits per heavy atom. The first-order valence-electron chi connectivity index (χ1n) is 6.67. The number of benzene rings is 1. The minimum absolute atomic E-state index is 0.200. The molecule has 98 valence electrons. The molecule has 1 aliphatic rings. The van der Waals surface area contributed by atoms with Crippen LogP contribution in [0.5, 0.6) is 0 Å². The lowest BCUT2D eigenvalue weighted by atomic mass is 10.1. The molecule has 4 heteroatoms. The highest BCUT2D eigenvalue weighted by Gasteiger charge is 2.19. The number of H-pyrrole nitrogens is 1. The summed E-state index contributed by atoms with van der Waals surface area (Å²) in [7, 11) is 0. The van der Waals surface area contributed by atoms with Gasteiger partial charge in [0.1, 0.15) is 5.56 Å². The molecule has 3 rings (SSSR count). The van der Waals surface area contributed by atoms with E-state index in [1.54, 1.807) is 6.07 Å². The molecule has 1 aromatic carbocycles. The van der Waals surface area contributed by atoms with Crippen molar-refractivity contribution in [3.63, 3.8) is 0 Å². The van der Waals surface area contributed by atoms with Crippen molar-refractivity contribution in [2.45, 2.75) is 31.7 Å². The smallest absolute Gasteiger partial charge is 0.261 e. The zero-order valence-corrected chi connectivity index (χ0v) is 10.6. The summed E-state index contributed by atoms with van der Waals surface area (Å²) in [5.74, 6) is -0.265. The third-order valence-electron chi connectivity index (χ3n) is 3.69. The summed E-state index contributed by atoms with van der Waals surface area (Å²) in [6, 6.07) is 9.35. The van der Waals surface area contributed by atoms with Crippen molar-refractivity contribution in [1.29, 1.82) is 0 Å². The third-order valence-corrected chi connectivity index (χ3v) is 3.69. The SMILES string of the molecule is O=C(NC1CCCC1)c1cc2ccccc2[nH]c1=O. The first kappa shape index (κ1) is 12.0. The van der Waals surface area contributed by atoms with E-state index in [1.807, 2.05) is 24.3 Å². The highest BCUT2D eigenvalue weighted by Crippen LogP contribution is 2.18. The van der Waals surface area contributed by atoms with Crippen molar-refractivity contribution in [3.8, 4) is 0 Å². The monoisotopic (exact) mass is 256 g/mol. The lowest BCUT2D eigenvalue weighted by Gasteiger charge is -2.11. The molecule has 0 aliphatic heterocycles. The second-order valence-corrected chi connectivity index (χ2v) is 5.05. The molecule has 19 heavy (non-hydrogen) atoms. The molecule has 1 fully saturated rings. The number of nitrogens with one attached hydrogen (secondary N) is 2. The van der Waals surface area contributed by atoms with E-state index in [0.29, 0.717) is 0 Å². The number of aromatic amines is 1. The average molecular weight is 256 g/mol. The van der Waals surface area contributed by atoms with Gasteiger partial charge in [-0.05, 0) is 30.4 Å². The highest BCUT2D eigenvalue weighted by molar-refractivity contribution is 5.97. The van der Waals surface area contributed by atoms with Crippen molar-refractivity contribution >= 4 is 16.8 Å². The standard InChI is InChI=1S/C15H16N2O2/c18-14(16-11-6-2-3-7-11)12-9-10-5-1-4-8-13(10)17-15(12)19/h1,4-5,8-9,11H,2-3,6-7H2,(H,16,18)(H,17,19). The molecule has 2 N–H and O–H groups in total. The number of fused-ring (bicyclic) bond motifs is 1. The van der Waals surface area contributed by atoms with Gasteiger partial charge in [0.05, 0.1) is 0 Å². The van der Waals surface area contributed by atoms with Crippen LogP contribution in [0.2, 0.25) is 0 Å². The summed E-state index contributed by atoms with van der Waals surface area (Å²) >= 11 is 0. The highest BCUT2D eigenvalue weighted by atomic mass is 16.2. The van der Waals surface area contributed by atoms with E-state index < -0.39 is 0 Å². The molecule has 4 nitrogen and oxygen atoms in total. The molecule has 0 atom stereocenters. The van der Waals surface area contributed by atoms with E-state index in [-0.39, 0.29) is 23.1 Å². The first-order chi connectivity index (χ1) is 9.24. The molecule has 0 saturated heterocycles. The van der Waals surface area contributed by atoms with Gasteiger partial charge >= 0.3 is 0 Å².